The average molecular weight is 210 g/mol. The Morgan fingerprint density at radius 1 is 1.23 bits per heavy atom. The number of hydrogen-bond donors (Lipinski definition) is 4. The Balaban J connectivity index is 3.23. The van der Waals surface area contributed by atoms with Crippen LogP contribution in [0.3, 0.4) is 0 Å². The normalized spacial score (nSPS) is 11.2. The van der Waals surface area contributed by atoms with Gasteiger partial charge in [-0.15, -0.1) is 0 Å². The van der Waals surface area contributed by atoms with Gasteiger partial charge in [0.05, 0.1) is 5.75 Å². The van der Waals surface area contributed by atoms with Crippen molar-refractivity contribution < 1.29 is 13.2 Å². The van der Waals surface area contributed by atoms with Gasteiger partial charge in [-0.2, -0.15) is 0 Å². The van der Waals surface area contributed by atoms with Crippen LogP contribution in [-0.4, -0.2) is 39.8 Å². The van der Waals surface area contributed by atoms with Crippen LogP contribution in [0.15, 0.2) is 0 Å². The Hall–Kier alpha value is -0.860. The van der Waals surface area contributed by atoms with E-state index in [1.54, 1.807) is 0 Å². The predicted octanol–water partition coefficient (Wildman–Crippen LogP) is -2.47. The molecule has 0 aliphatic heterocycles. The highest BCUT2D eigenvalue weighted by Gasteiger charge is 2.00. The molecule has 0 aromatic rings. The maximum atomic E-state index is 10.4. The quantitative estimate of drug-likeness (QED) is 0.362. The zero-order valence-corrected chi connectivity index (χ0v) is 7.93. The molecule has 0 spiro atoms. The molecule has 0 aliphatic rings. The molecule has 0 bridgehead atoms. The summed E-state index contributed by atoms with van der Waals surface area (Å²) < 4.78 is 20.8. The van der Waals surface area contributed by atoms with Crippen LogP contribution in [-0.2, 0) is 10.0 Å². The first-order chi connectivity index (χ1) is 5.92. The lowest BCUT2D eigenvalue weighted by Gasteiger charge is -2.03. The molecule has 0 heterocycles. The van der Waals surface area contributed by atoms with Crippen molar-refractivity contribution in [2.24, 2.45) is 10.9 Å². The van der Waals surface area contributed by atoms with Gasteiger partial charge in [-0.3, -0.25) is 0 Å². The summed E-state index contributed by atoms with van der Waals surface area (Å²) >= 11 is 0. The zero-order valence-electron chi connectivity index (χ0n) is 7.12. The van der Waals surface area contributed by atoms with Crippen LogP contribution in [0.5, 0.6) is 0 Å². The first-order valence-electron chi connectivity index (χ1n) is 3.66. The molecule has 0 aromatic carbocycles. The fourth-order valence-corrected chi connectivity index (χ4v) is 1.04. The van der Waals surface area contributed by atoms with Gasteiger partial charge in [0.15, 0.2) is 0 Å². The Morgan fingerprint density at radius 2 is 1.85 bits per heavy atom. The van der Waals surface area contributed by atoms with Crippen LogP contribution >= 0.6 is 0 Å². The zero-order chi connectivity index (χ0) is 10.3. The number of primary amides is 1. The second-order valence-electron chi connectivity index (χ2n) is 2.41. The van der Waals surface area contributed by atoms with E-state index in [1.165, 1.54) is 0 Å². The SMILES string of the molecule is NC(=O)NCCNCCS(N)(=O)=O. The lowest BCUT2D eigenvalue weighted by atomic mass is 10.6. The number of nitrogens with one attached hydrogen (secondary N) is 2. The Morgan fingerprint density at radius 3 is 2.31 bits per heavy atom. The summed E-state index contributed by atoms with van der Waals surface area (Å²) in [5.41, 5.74) is 4.78. The number of hydrogen-bond acceptors (Lipinski definition) is 4. The molecule has 0 saturated carbocycles. The van der Waals surface area contributed by atoms with Crippen LogP contribution in [0.4, 0.5) is 4.79 Å². The lowest BCUT2D eigenvalue weighted by Crippen LogP contribution is -2.37. The van der Waals surface area contributed by atoms with Crippen molar-refractivity contribution in [3.05, 3.63) is 0 Å². The van der Waals surface area contributed by atoms with Crippen LogP contribution < -0.4 is 21.5 Å². The molecule has 0 saturated heterocycles. The van der Waals surface area contributed by atoms with Gasteiger partial charge < -0.3 is 16.4 Å². The maximum Gasteiger partial charge on any atom is 0.312 e. The van der Waals surface area contributed by atoms with Gasteiger partial charge >= 0.3 is 6.03 Å². The van der Waals surface area contributed by atoms with Crippen molar-refractivity contribution in [3.63, 3.8) is 0 Å². The van der Waals surface area contributed by atoms with Gasteiger partial charge in [0.25, 0.3) is 0 Å². The fourth-order valence-electron chi connectivity index (χ4n) is 0.614. The average Bonchev–Trinajstić information content (AvgIpc) is 1.93. The maximum absolute atomic E-state index is 10.4. The Kier molecular flexibility index (Phi) is 5.35. The van der Waals surface area contributed by atoms with E-state index in [9.17, 15) is 13.2 Å². The molecule has 0 aliphatic carbocycles. The number of amides is 2. The second-order valence-corrected chi connectivity index (χ2v) is 4.14. The molecule has 0 atom stereocenters. The van der Waals surface area contributed by atoms with Crippen LogP contribution in [0.2, 0.25) is 0 Å². The Labute approximate surface area is 76.9 Å². The molecule has 0 fully saturated rings. The van der Waals surface area contributed by atoms with Crippen molar-refractivity contribution in [1.82, 2.24) is 10.6 Å². The summed E-state index contributed by atoms with van der Waals surface area (Å²) in [5, 5.41) is 9.85. The number of primary sulfonamides is 1. The van der Waals surface area contributed by atoms with Crippen LogP contribution in [0.1, 0.15) is 0 Å². The molecule has 8 heteroatoms. The number of urea groups is 1. The summed E-state index contributed by atoms with van der Waals surface area (Å²) in [5.74, 6) is -0.121. The number of nitrogens with two attached hydrogens (primary N) is 2. The highest BCUT2D eigenvalue weighted by atomic mass is 32.2. The summed E-state index contributed by atoms with van der Waals surface area (Å²) in [7, 11) is -3.40. The molecular weight excluding hydrogens is 196 g/mol. The van der Waals surface area contributed by atoms with Crippen molar-refractivity contribution in [2.45, 2.75) is 0 Å². The van der Waals surface area contributed by atoms with Crippen molar-refractivity contribution in [2.75, 3.05) is 25.4 Å². The molecule has 78 valence electrons. The third-order valence-electron chi connectivity index (χ3n) is 1.16. The smallest absolute Gasteiger partial charge is 0.312 e. The largest absolute Gasteiger partial charge is 0.352 e. The number of carbonyl (C=O) groups excluding carboxylic acids is 1. The van der Waals surface area contributed by atoms with Crippen molar-refractivity contribution in [3.8, 4) is 0 Å². The van der Waals surface area contributed by atoms with E-state index in [-0.39, 0.29) is 12.3 Å². The van der Waals surface area contributed by atoms with Gasteiger partial charge in [0, 0.05) is 19.6 Å². The number of carbonyl (C=O) groups is 1. The molecule has 7 nitrogen and oxygen atoms in total. The molecule has 0 aromatic heterocycles. The van der Waals surface area contributed by atoms with E-state index in [0.717, 1.165) is 0 Å². The number of sulfonamides is 1. The lowest BCUT2D eigenvalue weighted by molar-refractivity contribution is 0.249. The highest BCUT2D eigenvalue weighted by molar-refractivity contribution is 7.89. The highest BCUT2D eigenvalue weighted by Crippen LogP contribution is 1.73. The minimum absolute atomic E-state index is 0.121. The first-order valence-corrected chi connectivity index (χ1v) is 5.38. The standard InChI is InChI=1S/C5H14N4O3S/c6-5(10)9-2-1-8-3-4-13(7,11)12/h8H,1-4H2,(H3,6,9,10)(H2,7,11,12). The minimum Gasteiger partial charge on any atom is -0.352 e. The minimum atomic E-state index is -3.40. The number of rotatable bonds is 6. The molecule has 0 radical (unpaired) electrons. The van der Waals surface area contributed by atoms with E-state index in [2.05, 4.69) is 10.6 Å². The van der Waals surface area contributed by atoms with Gasteiger partial charge in [-0.1, -0.05) is 0 Å². The fraction of sp³-hybridized carbons (Fsp3) is 0.800. The summed E-state index contributed by atoms with van der Waals surface area (Å²) in [6, 6.07) is -0.603. The van der Waals surface area contributed by atoms with E-state index in [4.69, 9.17) is 10.9 Å². The van der Waals surface area contributed by atoms with Crippen molar-refractivity contribution in [1.29, 1.82) is 0 Å². The monoisotopic (exact) mass is 210 g/mol. The van der Waals surface area contributed by atoms with Gasteiger partial charge in [0.2, 0.25) is 10.0 Å². The van der Waals surface area contributed by atoms with Gasteiger partial charge in [0.1, 0.15) is 0 Å². The van der Waals surface area contributed by atoms with Gasteiger partial charge in [-0.05, 0) is 0 Å². The summed E-state index contributed by atoms with van der Waals surface area (Å²) in [6.07, 6.45) is 0. The molecule has 13 heavy (non-hydrogen) atoms. The van der Waals surface area contributed by atoms with E-state index >= 15 is 0 Å². The molecule has 0 rings (SSSR count). The predicted molar refractivity (Wildman–Crippen MR) is 48.4 cm³/mol. The van der Waals surface area contributed by atoms with E-state index in [0.29, 0.717) is 13.1 Å². The van der Waals surface area contributed by atoms with Crippen LogP contribution in [0, 0.1) is 0 Å². The van der Waals surface area contributed by atoms with E-state index < -0.39 is 16.1 Å². The van der Waals surface area contributed by atoms with Crippen LogP contribution in [0.25, 0.3) is 0 Å². The third-order valence-corrected chi connectivity index (χ3v) is 1.94. The topological polar surface area (TPSA) is 127 Å². The summed E-state index contributed by atoms with van der Waals surface area (Å²) in [4.78, 5) is 10.2. The molecular formula is C5H14N4O3S. The third kappa shape index (κ3) is 11.1. The van der Waals surface area contributed by atoms with Gasteiger partial charge in [-0.25, -0.2) is 18.4 Å². The van der Waals surface area contributed by atoms with E-state index in [1.807, 2.05) is 0 Å². The van der Waals surface area contributed by atoms with Crippen molar-refractivity contribution >= 4 is 16.1 Å². The molecule has 2 amide bonds. The Bertz CT molecular complexity index is 251. The molecule has 0 unspecified atom stereocenters. The summed E-state index contributed by atoms with van der Waals surface area (Å²) in [6.45, 7) is 1.08. The first kappa shape index (κ1) is 12.1. The molecule has 6 N–H and O–H groups in total. The second kappa shape index (κ2) is 5.73.